The van der Waals surface area contributed by atoms with Gasteiger partial charge in [-0.15, -0.1) is 21.5 Å². The first-order valence-corrected chi connectivity index (χ1v) is 16.7. The first kappa shape index (κ1) is 36.0. The summed E-state index contributed by atoms with van der Waals surface area (Å²) in [6.07, 6.45) is 0. The Morgan fingerprint density at radius 3 is 2.29 bits per heavy atom. The van der Waals surface area contributed by atoms with Gasteiger partial charge in [0.2, 0.25) is 5.91 Å². The van der Waals surface area contributed by atoms with Crippen LogP contribution < -0.4 is 20.1 Å². The number of thiophene rings is 1. The van der Waals surface area contributed by atoms with Crippen LogP contribution in [0.3, 0.4) is 0 Å². The number of aromatic nitrogens is 3. The molecule has 2 heterocycles. The van der Waals surface area contributed by atoms with Crippen LogP contribution in [-0.2, 0) is 27.4 Å². The Kier molecular flexibility index (Phi) is 12.6. The van der Waals surface area contributed by atoms with Crippen molar-refractivity contribution in [3.05, 3.63) is 81.5 Å². The van der Waals surface area contributed by atoms with Crippen LogP contribution in [0.15, 0.2) is 53.7 Å². The number of nitrogens with zero attached hydrogens (tertiary/aromatic N) is 3. The molecule has 4 rings (SSSR count). The molecule has 2 aromatic heterocycles. The van der Waals surface area contributed by atoms with Gasteiger partial charge in [-0.2, -0.15) is 0 Å². The zero-order chi connectivity index (χ0) is 34.8. The molecular weight excluding hydrogens is 659 g/mol. The summed E-state index contributed by atoms with van der Waals surface area (Å²) in [4.78, 5) is 52.1. The minimum Gasteiger partial charge on any atom is -0.493 e. The molecule has 0 spiro atoms. The standard InChI is InChI=1S/C33H37N5O8S2/c1-7-45-31(41)26-19(3)27(32(42)46-8-2)48-30(26)35-28(39)20(4)47-33-37-36-25(38(33)18-21-12-10-9-11-13-21)17-34-29(40)22-14-15-23(43-5)24(16-22)44-6/h9-16,20H,7-8,17-18H2,1-6H3,(H,34,40)(H,35,39)/t20-/m0/s1. The summed E-state index contributed by atoms with van der Waals surface area (Å²) in [6, 6.07) is 14.5. The van der Waals surface area contributed by atoms with Gasteiger partial charge in [0.1, 0.15) is 9.88 Å². The topological polar surface area (TPSA) is 160 Å². The fourth-order valence-corrected chi connectivity index (χ4v) is 6.53. The van der Waals surface area contributed by atoms with E-state index in [4.69, 9.17) is 18.9 Å². The number of carbonyl (C=O) groups is 4. The number of hydrogen-bond donors (Lipinski definition) is 2. The first-order valence-electron chi connectivity index (χ1n) is 15.0. The number of anilines is 1. The highest BCUT2D eigenvalue weighted by Crippen LogP contribution is 2.35. The Morgan fingerprint density at radius 1 is 0.938 bits per heavy atom. The highest BCUT2D eigenvalue weighted by Gasteiger charge is 2.29. The second-order valence-corrected chi connectivity index (χ2v) is 12.5. The van der Waals surface area contributed by atoms with E-state index in [0.717, 1.165) is 28.7 Å². The van der Waals surface area contributed by atoms with Gasteiger partial charge < -0.3 is 34.1 Å². The molecule has 0 aliphatic rings. The maximum absolute atomic E-state index is 13.5. The third-order valence-electron chi connectivity index (χ3n) is 7.01. The number of amides is 2. The molecule has 48 heavy (non-hydrogen) atoms. The SMILES string of the molecule is CCOC(=O)c1sc(NC(=O)[C@H](C)Sc2nnc(CNC(=O)c3ccc(OC)c(OC)c3)n2Cc2ccccc2)c(C(=O)OCC)c1C. The number of hydrogen-bond acceptors (Lipinski definition) is 12. The lowest BCUT2D eigenvalue weighted by atomic mass is 10.1. The van der Waals surface area contributed by atoms with E-state index >= 15 is 0 Å². The largest absolute Gasteiger partial charge is 0.493 e. The van der Waals surface area contributed by atoms with Gasteiger partial charge in [-0.3, -0.25) is 9.59 Å². The van der Waals surface area contributed by atoms with Crippen LogP contribution in [0, 0.1) is 6.92 Å². The van der Waals surface area contributed by atoms with E-state index in [-0.39, 0.29) is 41.1 Å². The van der Waals surface area contributed by atoms with E-state index in [9.17, 15) is 19.2 Å². The molecule has 0 saturated heterocycles. The van der Waals surface area contributed by atoms with Crippen molar-refractivity contribution >= 4 is 51.9 Å². The zero-order valence-electron chi connectivity index (χ0n) is 27.4. The summed E-state index contributed by atoms with van der Waals surface area (Å²) in [5.41, 5.74) is 1.81. The molecule has 2 aromatic carbocycles. The molecule has 0 radical (unpaired) electrons. The lowest BCUT2D eigenvalue weighted by Crippen LogP contribution is -2.25. The molecule has 4 aromatic rings. The normalized spacial score (nSPS) is 11.4. The molecule has 1 atom stereocenters. The molecule has 0 bridgehead atoms. The van der Waals surface area contributed by atoms with Crippen LogP contribution in [0.1, 0.15) is 68.1 Å². The average molecular weight is 696 g/mol. The first-order chi connectivity index (χ1) is 23.1. The van der Waals surface area contributed by atoms with E-state index in [0.29, 0.717) is 40.2 Å². The fourth-order valence-electron chi connectivity index (χ4n) is 4.57. The molecule has 15 heteroatoms. The monoisotopic (exact) mass is 695 g/mol. The molecule has 0 saturated carbocycles. The van der Waals surface area contributed by atoms with E-state index in [1.54, 1.807) is 45.9 Å². The van der Waals surface area contributed by atoms with Gasteiger partial charge >= 0.3 is 11.9 Å². The predicted octanol–water partition coefficient (Wildman–Crippen LogP) is 5.12. The maximum atomic E-state index is 13.5. The van der Waals surface area contributed by atoms with Gasteiger partial charge in [0.25, 0.3) is 5.91 Å². The number of ether oxygens (including phenoxy) is 4. The predicted molar refractivity (Wildman–Crippen MR) is 181 cm³/mol. The molecule has 0 aliphatic carbocycles. The van der Waals surface area contributed by atoms with E-state index in [1.807, 2.05) is 34.9 Å². The van der Waals surface area contributed by atoms with Crippen LogP contribution in [-0.4, -0.2) is 71.2 Å². The van der Waals surface area contributed by atoms with Crippen molar-refractivity contribution in [2.24, 2.45) is 0 Å². The summed E-state index contributed by atoms with van der Waals surface area (Å²) < 4.78 is 22.7. The number of methoxy groups -OCH3 is 2. The van der Waals surface area contributed by atoms with Gasteiger partial charge in [-0.1, -0.05) is 42.1 Å². The molecule has 2 N–H and O–H groups in total. The Balaban J connectivity index is 1.55. The minimum atomic E-state index is -0.707. The Labute approximate surface area is 286 Å². The van der Waals surface area contributed by atoms with Crippen LogP contribution in [0.5, 0.6) is 11.5 Å². The quantitative estimate of drug-likeness (QED) is 0.126. The van der Waals surface area contributed by atoms with Crippen LogP contribution in [0.25, 0.3) is 0 Å². The molecule has 254 valence electrons. The summed E-state index contributed by atoms with van der Waals surface area (Å²) in [7, 11) is 3.01. The number of nitrogens with one attached hydrogen (secondary N) is 2. The third kappa shape index (κ3) is 8.52. The summed E-state index contributed by atoms with van der Waals surface area (Å²) in [5, 5.41) is 14.3. The van der Waals surface area contributed by atoms with Crippen molar-refractivity contribution in [2.75, 3.05) is 32.8 Å². The van der Waals surface area contributed by atoms with Crippen molar-refractivity contribution in [2.45, 2.75) is 51.2 Å². The molecular formula is C33H37N5O8S2. The molecule has 0 fully saturated rings. The van der Waals surface area contributed by atoms with Crippen LogP contribution in [0.4, 0.5) is 5.00 Å². The van der Waals surface area contributed by atoms with E-state index in [1.165, 1.54) is 14.2 Å². The van der Waals surface area contributed by atoms with Crippen molar-refractivity contribution in [3.63, 3.8) is 0 Å². The number of carbonyl (C=O) groups excluding carboxylic acids is 4. The molecule has 2 amide bonds. The van der Waals surface area contributed by atoms with E-state index in [2.05, 4.69) is 20.8 Å². The molecule has 0 unspecified atom stereocenters. The second-order valence-electron chi connectivity index (χ2n) is 10.2. The summed E-state index contributed by atoms with van der Waals surface area (Å²) in [5.74, 6) is -0.624. The van der Waals surface area contributed by atoms with Crippen LogP contribution >= 0.6 is 23.1 Å². The summed E-state index contributed by atoms with van der Waals surface area (Å²) in [6.45, 7) is 7.38. The Bertz CT molecular complexity index is 1770. The lowest BCUT2D eigenvalue weighted by Gasteiger charge is -2.15. The number of thioether (sulfide) groups is 1. The van der Waals surface area contributed by atoms with Gasteiger partial charge in [0.15, 0.2) is 22.5 Å². The van der Waals surface area contributed by atoms with Gasteiger partial charge in [-0.05, 0) is 57.0 Å². The minimum absolute atomic E-state index is 0.0577. The molecule has 13 nitrogen and oxygen atoms in total. The van der Waals surface area contributed by atoms with Crippen molar-refractivity contribution < 1.29 is 38.1 Å². The van der Waals surface area contributed by atoms with Gasteiger partial charge in [0, 0.05) is 5.56 Å². The van der Waals surface area contributed by atoms with Crippen molar-refractivity contribution in [1.82, 2.24) is 20.1 Å². The second kappa shape index (κ2) is 16.8. The zero-order valence-corrected chi connectivity index (χ0v) is 29.1. The number of rotatable bonds is 15. The number of benzene rings is 2. The van der Waals surface area contributed by atoms with E-state index < -0.39 is 23.1 Å². The third-order valence-corrected chi connectivity index (χ3v) is 9.27. The smallest absolute Gasteiger partial charge is 0.348 e. The molecule has 0 aliphatic heterocycles. The van der Waals surface area contributed by atoms with Crippen LogP contribution in [0.2, 0.25) is 0 Å². The fraction of sp³-hybridized carbons (Fsp3) is 0.333. The van der Waals surface area contributed by atoms with Crippen molar-refractivity contribution in [1.29, 1.82) is 0 Å². The average Bonchev–Trinajstić information content (AvgIpc) is 3.62. The van der Waals surface area contributed by atoms with Gasteiger partial charge in [-0.25, -0.2) is 9.59 Å². The van der Waals surface area contributed by atoms with Crippen molar-refractivity contribution in [3.8, 4) is 11.5 Å². The summed E-state index contributed by atoms with van der Waals surface area (Å²) >= 11 is 2.11. The van der Waals surface area contributed by atoms with Gasteiger partial charge in [0.05, 0.1) is 51.3 Å². The highest BCUT2D eigenvalue weighted by atomic mass is 32.2. The number of esters is 2. The lowest BCUT2D eigenvalue weighted by molar-refractivity contribution is -0.115. The maximum Gasteiger partial charge on any atom is 0.348 e. The Hall–Kier alpha value is -4.89. The Morgan fingerprint density at radius 2 is 1.62 bits per heavy atom. The highest BCUT2D eigenvalue weighted by molar-refractivity contribution is 8.00.